The molecule has 0 saturated carbocycles. The Balaban J connectivity index is 3.90. The molecule has 0 bridgehead atoms. The van der Waals surface area contributed by atoms with E-state index in [0.717, 1.165) is 51.4 Å². The molecule has 0 aromatic rings. The summed E-state index contributed by atoms with van der Waals surface area (Å²) in [4.78, 5) is 36.3. The zero-order valence-corrected chi connectivity index (χ0v) is 31.9. The molecule has 2 N–H and O–H groups in total. The van der Waals surface area contributed by atoms with Crippen molar-refractivity contribution in [3.8, 4) is 0 Å². The second-order valence-corrected chi connectivity index (χ2v) is 14.0. The first-order valence-electron chi connectivity index (χ1n) is 20.4. The average Bonchev–Trinajstić information content (AvgIpc) is 3.07. The van der Waals surface area contributed by atoms with Gasteiger partial charge in [-0.05, 0) is 64.2 Å². The molecule has 0 fully saturated rings. The van der Waals surface area contributed by atoms with Crippen LogP contribution in [0.25, 0.3) is 0 Å². The standard InChI is InChI=1S/C42H76O7/c1-3-5-7-9-11-13-15-17-19-21-23-25-27-29-31-33-35-48-40(45)38-42(47,37-39(43)44)41(46)49-36-34-32-30-28-26-24-22-20-18-16-14-12-10-8-6-4-2/h17-20,47H,3-16,21-38H2,1-2H3,(H,43,44)/b19-17-,20-18-. The summed E-state index contributed by atoms with van der Waals surface area (Å²) in [5.41, 5.74) is -2.42. The minimum absolute atomic E-state index is 0.0898. The minimum Gasteiger partial charge on any atom is -0.481 e. The Labute approximate surface area is 301 Å². The van der Waals surface area contributed by atoms with Gasteiger partial charge < -0.3 is 19.7 Å². The van der Waals surface area contributed by atoms with Crippen LogP contribution in [-0.4, -0.2) is 46.9 Å². The first-order valence-corrected chi connectivity index (χ1v) is 20.4. The third-order valence-electron chi connectivity index (χ3n) is 9.07. The van der Waals surface area contributed by atoms with Gasteiger partial charge in [-0.15, -0.1) is 0 Å². The molecular weight excluding hydrogens is 616 g/mol. The monoisotopic (exact) mass is 693 g/mol. The van der Waals surface area contributed by atoms with Gasteiger partial charge in [0.2, 0.25) is 0 Å². The molecule has 0 radical (unpaired) electrons. The van der Waals surface area contributed by atoms with Gasteiger partial charge in [-0.3, -0.25) is 9.59 Å². The number of unbranched alkanes of at least 4 members (excludes halogenated alkanes) is 24. The molecule has 0 heterocycles. The van der Waals surface area contributed by atoms with Crippen LogP contribution >= 0.6 is 0 Å². The Hall–Kier alpha value is -2.15. The van der Waals surface area contributed by atoms with Crippen LogP contribution in [0.1, 0.15) is 206 Å². The number of carbonyl (C=O) groups excluding carboxylic acids is 2. The van der Waals surface area contributed by atoms with Gasteiger partial charge in [0.25, 0.3) is 0 Å². The molecule has 286 valence electrons. The van der Waals surface area contributed by atoms with Crippen molar-refractivity contribution in [2.75, 3.05) is 13.2 Å². The molecule has 7 heteroatoms. The maximum Gasteiger partial charge on any atom is 0.339 e. The third kappa shape index (κ3) is 32.8. The molecule has 0 saturated heterocycles. The van der Waals surface area contributed by atoms with Crippen LogP contribution in [0.2, 0.25) is 0 Å². The van der Waals surface area contributed by atoms with Gasteiger partial charge in [0.15, 0.2) is 5.60 Å². The predicted octanol–water partition coefficient (Wildman–Crippen LogP) is 11.7. The zero-order chi connectivity index (χ0) is 36.1. The molecule has 0 amide bonds. The lowest BCUT2D eigenvalue weighted by atomic mass is 9.95. The van der Waals surface area contributed by atoms with Gasteiger partial charge in [0.1, 0.15) is 0 Å². The number of rotatable bonds is 37. The fraction of sp³-hybridized carbons (Fsp3) is 0.833. The number of carboxylic acids is 1. The fourth-order valence-corrected chi connectivity index (χ4v) is 5.93. The lowest BCUT2D eigenvalue weighted by Gasteiger charge is -2.23. The number of hydrogen-bond acceptors (Lipinski definition) is 6. The molecule has 0 rings (SSSR count). The van der Waals surface area contributed by atoms with Crippen LogP contribution < -0.4 is 0 Å². The second-order valence-electron chi connectivity index (χ2n) is 14.0. The van der Waals surface area contributed by atoms with Crippen LogP contribution in [0.15, 0.2) is 24.3 Å². The molecule has 0 aliphatic carbocycles. The number of carbonyl (C=O) groups is 3. The number of ether oxygens (including phenoxy) is 2. The van der Waals surface area contributed by atoms with E-state index < -0.39 is 36.4 Å². The van der Waals surface area contributed by atoms with Crippen molar-refractivity contribution in [1.82, 2.24) is 0 Å². The fourth-order valence-electron chi connectivity index (χ4n) is 5.93. The first kappa shape index (κ1) is 46.9. The number of carboxylic acid groups (broad SMARTS) is 1. The van der Waals surface area contributed by atoms with Crippen molar-refractivity contribution < 1.29 is 34.1 Å². The number of aliphatic carboxylic acids is 1. The van der Waals surface area contributed by atoms with Crippen LogP contribution in [0.5, 0.6) is 0 Å². The number of allylic oxidation sites excluding steroid dienone is 4. The lowest BCUT2D eigenvalue weighted by Crippen LogP contribution is -2.44. The highest BCUT2D eigenvalue weighted by Crippen LogP contribution is 2.20. The quantitative estimate of drug-likeness (QED) is 0.0379. The van der Waals surface area contributed by atoms with E-state index >= 15 is 0 Å². The Bertz CT molecular complexity index is 837. The van der Waals surface area contributed by atoms with Crippen molar-refractivity contribution in [2.45, 2.75) is 212 Å². The highest BCUT2D eigenvalue weighted by Gasteiger charge is 2.42. The van der Waals surface area contributed by atoms with Gasteiger partial charge in [-0.1, -0.05) is 154 Å². The molecule has 7 nitrogen and oxygen atoms in total. The summed E-state index contributed by atoms with van der Waals surface area (Å²) in [7, 11) is 0. The highest BCUT2D eigenvalue weighted by molar-refractivity contribution is 5.89. The van der Waals surface area contributed by atoms with E-state index in [1.807, 2.05) is 0 Å². The molecule has 0 aromatic heterocycles. The highest BCUT2D eigenvalue weighted by atomic mass is 16.6. The van der Waals surface area contributed by atoms with Crippen LogP contribution in [0.4, 0.5) is 0 Å². The Morgan fingerprint density at radius 3 is 1.16 bits per heavy atom. The van der Waals surface area contributed by atoms with E-state index in [1.54, 1.807) is 0 Å². The first-order chi connectivity index (χ1) is 23.9. The van der Waals surface area contributed by atoms with E-state index in [1.165, 1.54) is 116 Å². The van der Waals surface area contributed by atoms with E-state index in [9.17, 15) is 24.6 Å². The van der Waals surface area contributed by atoms with E-state index in [2.05, 4.69) is 38.2 Å². The van der Waals surface area contributed by atoms with E-state index in [-0.39, 0.29) is 13.2 Å². The van der Waals surface area contributed by atoms with Crippen molar-refractivity contribution in [1.29, 1.82) is 0 Å². The third-order valence-corrected chi connectivity index (χ3v) is 9.07. The number of aliphatic hydroxyl groups is 1. The summed E-state index contributed by atoms with van der Waals surface area (Å²) in [5.74, 6) is -3.24. The summed E-state index contributed by atoms with van der Waals surface area (Å²) in [6, 6.07) is 0. The lowest BCUT2D eigenvalue weighted by molar-refractivity contribution is -0.176. The number of hydrogen-bond donors (Lipinski definition) is 2. The van der Waals surface area contributed by atoms with Gasteiger partial charge in [0, 0.05) is 0 Å². The molecule has 0 aliphatic rings. The minimum atomic E-state index is -2.42. The van der Waals surface area contributed by atoms with Crippen molar-refractivity contribution in [3.63, 3.8) is 0 Å². The largest absolute Gasteiger partial charge is 0.481 e. The maximum absolute atomic E-state index is 12.6. The summed E-state index contributed by atoms with van der Waals surface area (Å²) >= 11 is 0. The Kier molecular flexibility index (Phi) is 34.1. The SMILES string of the molecule is CCCCCCCC/C=C\CCCCCCCCOC(=O)CC(O)(CC(=O)O)C(=O)OCCCCCCCC/C=C\CCCCCCCC. The van der Waals surface area contributed by atoms with Crippen LogP contribution in [0, 0.1) is 0 Å². The molecule has 0 aromatic carbocycles. The predicted molar refractivity (Wildman–Crippen MR) is 203 cm³/mol. The average molecular weight is 693 g/mol. The van der Waals surface area contributed by atoms with Crippen LogP contribution in [-0.2, 0) is 23.9 Å². The molecule has 49 heavy (non-hydrogen) atoms. The van der Waals surface area contributed by atoms with Crippen molar-refractivity contribution in [3.05, 3.63) is 24.3 Å². The van der Waals surface area contributed by atoms with Gasteiger partial charge in [-0.25, -0.2) is 4.79 Å². The van der Waals surface area contributed by atoms with E-state index in [0.29, 0.717) is 12.8 Å². The topological polar surface area (TPSA) is 110 Å². The summed E-state index contributed by atoms with van der Waals surface area (Å²) < 4.78 is 10.4. The molecule has 1 atom stereocenters. The molecular formula is C42H76O7. The Morgan fingerprint density at radius 1 is 0.469 bits per heavy atom. The van der Waals surface area contributed by atoms with Gasteiger partial charge in [0.05, 0.1) is 26.1 Å². The summed E-state index contributed by atoms with van der Waals surface area (Å²) in [6.45, 7) is 4.77. The summed E-state index contributed by atoms with van der Waals surface area (Å²) in [6.07, 6.45) is 40.5. The normalized spacial score (nSPS) is 12.9. The van der Waals surface area contributed by atoms with Crippen molar-refractivity contribution in [2.24, 2.45) is 0 Å². The zero-order valence-electron chi connectivity index (χ0n) is 31.9. The molecule has 0 spiro atoms. The molecule has 0 aliphatic heterocycles. The van der Waals surface area contributed by atoms with Crippen LogP contribution in [0.3, 0.4) is 0 Å². The smallest absolute Gasteiger partial charge is 0.339 e. The molecule has 1 unspecified atom stereocenters. The number of esters is 2. The maximum atomic E-state index is 12.6. The summed E-state index contributed by atoms with van der Waals surface area (Å²) in [5, 5.41) is 20.0. The second kappa shape index (κ2) is 35.7. The Morgan fingerprint density at radius 2 is 0.796 bits per heavy atom. The van der Waals surface area contributed by atoms with Gasteiger partial charge in [-0.2, -0.15) is 0 Å². The van der Waals surface area contributed by atoms with Crippen molar-refractivity contribution >= 4 is 17.9 Å². The van der Waals surface area contributed by atoms with E-state index in [4.69, 9.17) is 9.47 Å². The van der Waals surface area contributed by atoms with Gasteiger partial charge >= 0.3 is 17.9 Å².